The second-order valence-corrected chi connectivity index (χ2v) is 6.08. The van der Waals surface area contributed by atoms with Crippen LogP contribution in [0.4, 0.5) is 5.82 Å². The lowest BCUT2D eigenvalue weighted by Gasteiger charge is -2.11. The molecule has 2 aromatic rings. The third-order valence-electron chi connectivity index (χ3n) is 3.61. The molecule has 1 amide bonds. The number of hydrogen-bond acceptors (Lipinski definition) is 5. The van der Waals surface area contributed by atoms with E-state index in [0.717, 1.165) is 12.1 Å². The van der Waals surface area contributed by atoms with Crippen LogP contribution in [0.15, 0.2) is 36.5 Å². The molecule has 6 heteroatoms. The molecule has 1 heterocycles. The molecule has 1 aromatic carbocycles. The van der Waals surface area contributed by atoms with Gasteiger partial charge in [-0.25, -0.2) is 4.98 Å². The van der Waals surface area contributed by atoms with Crippen molar-refractivity contribution in [1.82, 2.24) is 10.3 Å². The van der Waals surface area contributed by atoms with Gasteiger partial charge in [0.05, 0.1) is 14.2 Å². The minimum atomic E-state index is -0.148. The van der Waals surface area contributed by atoms with Crippen molar-refractivity contribution in [2.24, 2.45) is 5.92 Å². The summed E-state index contributed by atoms with van der Waals surface area (Å²) >= 11 is 0. The van der Waals surface area contributed by atoms with Crippen molar-refractivity contribution < 1.29 is 14.3 Å². The predicted molar refractivity (Wildman–Crippen MR) is 98.3 cm³/mol. The normalized spacial score (nSPS) is 10.4. The molecule has 0 atom stereocenters. The second-order valence-electron chi connectivity index (χ2n) is 6.08. The van der Waals surface area contributed by atoms with Gasteiger partial charge >= 0.3 is 0 Å². The van der Waals surface area contributed by atoms with Crippen LogP contribution >= 0.6 is 0 Å². The number of ether oxygens (including phenoxy) is 2. The summed E-state index contributed by atoms with van der Waals surface area (Å²) in [5.74, 6) is 2.35. The largest absolute Gasteiger partial charge is 0.493 e. The average Bonchev–Trinajstić information content (AvgIpc) is 2.64. The van der Waals surface area contributed by atoms with Crippen molar-refractivity contribution >= 4 is 11.7 Å². The molecule has 0 aliphatic heterocycles. The zero-order valence-corrected chi connectivity index (χ0v) is 15.1. The minimum Gasteiger partial charge on any atom is -0.493 e. The summed E-state index contributed by atoms with van der Waals surface area (Å²) in [6.45, 7) is 5.44. The third kappa shape index (κ3) is 5.38. The Morgan fingerprint density at radius 3 is 2.56 bits per heavy atom. The Kier molecular flexibility index (Phi) is 6.62. The predicted octanol–water partition coefficient (Wildman–Crippen LogP) is 3.10. The maximum Gasteiger partial charge on any atom is 0.251 e. The number of aromatic nitrogens is 1. The van der Waals surface area contributed by atoms with Crippen molar-refractivity contribution in [2.75, 3.05) is 26.1 Å². The molecular formula is C19H25N3O3. The van der Waals surface area contributed by atoms with Crippen LogP contribution in [0.1, 0.15) is 29.8 Å². The molecule has 0 aliphatic rings. The summed E-state index contributed by atoms with van der Waals surface area (Å²) in [6, 6.07) is 9.02. The van der Waals surface area contributed by atoms with Crippen LogP contribution in [0, 0.1) is 5.92 Å². The highest BCUT2D eigenvalue weighted by atomic mass is 16.5. The Hall–Kier alpha value is -2.76. The fraction of sp³-hybridized carbons (Fsp3) is 0.368. The Morgan fingerprint density at radius 2 is 1.88 bits per heavy atom. The van der Waals surface area contributed by atoms with Gasteiger partial charge in [0.15, 0.2) is 11.5 Å². The molecule has 25 heavy (non-hydrogen) atoms. The quantitative estimate of drug-likeness (QED) is 0.770. The van der Waals surface area contributed by atoms with Crippen molar-refractivity contribution in [3.8, 4) is 11.5 Å². The van der Waals surface area contributed by atoms with Gasteiger partial charge in [-0.2, -0.15) is 0 Å². The lowest BCUT2D eigenvalue weighted by atomic mass is 10.2. The number of benzene rings is 1. The number of methoxy groups -OCH3 is 2. The van der Waals surface area contributed by atoms with Crippen LogP contribution in [-0.4, -0.2) is 31.7 Å². The first-order chi connectivity index (χ1) is 12.0. The minimum absolute atomic E-state index is 0.148. The highest BCUT2D eigenvalue weighted by Gasteiger charge is 2.09. The number of rotatable bonds is 8. The number of pyridine rings is 1. The van der Waals surface area contributed by atoms with E-state index in [2.05, 4.69) is 29.5 Å². The molecule has 0 saturated heterocycles. The Labute approximate surface area is 148 Å². The smallest absolute Gasteiger partial charge is 0.251 e. The van der Waals surface area contributed by atoms with Crippen LogP contribution in [0.5, 0.6) is 11.5 Å². The number of amides is 1. The standard InChI is InChI=1S/C19H25N3O3/c1-13(2)11-21-18-10-15(7-8-20-18)19(23)22-12-14-5-6-16(24-3)17(9-14)25-4/h5-10,13H,11-12H2,1-4H3,(H,20,21)(H,22,23). The second kappa shape index (κ2) is 8.92. The number of hydrogen-bond donors (Lipinski definition) is 2. The van der Waals surface area contributed by atoms with Gasteiger partial charge in [0.2, 0.25) is 0 Å². The molecule has 0 aliphatic carbocycles. The van der Waals surface area contributed by atoms with E-state index in [1.807, 2.05) is 18.2 Å². The molecule has 0 unspecified atom stereocenters. The van der Waals surface area contributed by atoms with E-state index in [4.69, 9.17) is 9.47 Å². The van der Waals surface area contributed by atoms with Gasteiger partial charge in [0.25, 0.3) is 5.91 Å². The molecular weight excluding hydrogens is 318 g/mol. The first kappa shape index (κ1) is 18.6. The molecule has 6 nitrogen and oxygen atoms in total. The van der Waals surface area contributed by atoms with E-state index in [1.165, 1.54) is 0 Å². The summed E-state index contributed by atoms with van der Waals surface area (Å²) in [5, 5.41) is 6.12. The zero-order chi connectivity index (χ0) is 18.2. The van der Waals surface area contributed by atoms with E-state index in [0.29, 0.717) is 35.3 Å². The van der Waals surface area contributed by atoms with Crippen molar-refractivity contribution in [3.63, 3.8) is 0 Å². The number of carbonyl (C=O) groups is 1. The monoisotopic (exact) mass is 343 g/mol. The van der Waals surface area contributed by atoms with E-state index >= 15 is 0 Å². The van der Waals surface area contributed by atoms with E-state index in [1.54, 1.807) is 32.5 Å². The molecule has 1 aromatic heterocycles. The summed E-state index contributed by atoms with van der Waals surface area (Å²) in [5.41, 5.74) is 1.50. The molecule has 0 spiro atoms. The number of carbonyl (C=O) groups excluding carboxylic acids is 1. The van der Waals surface area contributed by atoms with Gasteiger partial charge in [0.1, 0.15) is 5.82 Å². The van der Waals surface area contributed by atoms with Gasteiger partial charge in [-0.3, -0.25) is 4.79 Å². The maximum atomic E-state index is 12.4. The summed E-state index contributed by atoms with van der Waals surface area (Å²) in [7, 11) is 3.18. The van der Waals surface area contributed by atoms with Crippen LogP contribution in [0.25, 0.3) is 0 Å². The SMILES string of the molecule is COc1ccc(CNC(=O)c2ccnc(NCC(C)C)c2)cc1OC. The fourth-order valence-electron chi connectivity index (χ4n) is 2.25. The first-order valence-electron chi connectivity index (χ1n) is 8.22. The molecule has 2 N–H and O–H groups in total. The van der Waals surface area contributed by atoms with E-state index in [-0.39, 0.29) is 5.91 Å². The highest BCUT2D eigenvalue weighted by molar-refractivity contribution is 5.94. The summed E-state index contributed by atoms with van der Waals surface area (Å²) < 4.78 is 10.5. The van der Waals surface area contributed by atoms with Gasteiger partial charge < -0.3 is 20.1 Å². The topological polar surface area (TPSA) is 72.5 Å². The van der Waals surface area contributed by atoms with Gasteiger partial charge in [-0.15, -0.1) is 0 Å². The van der Waals surface area contributed by atoms with Crippen LogP contribution < -0.4 is 20.1 Å². The average molecular weight is 343 g/mol. The van der Waals surface area contributed by atoms with Crippen LogP contribution in [0.3, 0.4) is 0 Å². The molecule has 0 saturated carbocycles. The maximum absolute atomic E-state index is 12.4. The molecule has 2 rings (SSSR count). The number of nitrogens with zero attached hydrogens (tertiary/aromatic N) is 1. The van der Waals surface area contributed by atoms with Crippen LogP contribution in [-0.2, 0) is 6.54 Å². The van der Waals surface area contributed by atoms with Crippen LogP contribution in [0.2, 0.25) is 0 Å². The van der Waals surface area contributed by atoms with Gasteiger partial charge in [-0.05, 0) is 35.7 Å². The Balaban J connectivity index is 1.99. The van der Waals surface area contributed by atoms with Gasteiger partial charge in [-0.1, -0.05) is 19.9 Å². The van der Waals surface area contributed by atoms with Crippen molar-refractivity contribution in [1.29, 1.82) is 0 Å². The van der Waals surface area contributed by atoms with Gasteiger partial charge in [0, 0.05) is 24.8 Å². The molecule has 0 fully saturated rings. The number of anilines is 1. The summed E-state index contributed by atoms with van der Waals surface area (Å²) in [6.07, 6.45) is 1.63. The lowest BCUT2D eigenvalue weighted by Crippen LogP contribution is -2.23. The molecule has 134 valence electrons. The first-order valence-corrected chi connectivity index (χ1v) is 8.22. The molecule has 0 radical (unpaired) electrons. The van der Waals surface area contributed by atoms with Crippen molar-refractivity contribution in [2.45, 2.75) is 20.4 Å². The highest BCUT2D eigenvalue weighted by Crippen LogP contribution is 2.27. The number of nitrogens with one attached hydrogen (secondary N) is 2. The Bertz CT molecular complexity index is 717. The van der Waals surface area contributed by atoms with E-state index in [9.17, 15) is 4.79 Å². The summed E-state index contributed by atoms with van der Waals surface area (Å²) in [4.78, 5) is 16.6. The zero-order valence-electron chi connectivity index (χ0n) is 15.1. The molecule has 0 bridgehead atoms. The lowest BCUT2D eigenvalue weighted by molar-refractivity contribution is 0.0951. The van der Waals surface area contributed by atoms with Crippen molar-refractivity contribution in [3.05, 3.63) is 47.7 Å². The van der Waals surface area contributed by atoms with E-state index < -0.39 is 0 Å². The fourth-order valence-corrected chi connectivity index (χ4v) is 2.25. The Morgan fingerprint density at radius 1 is 1.12 bits per heavy atom. The third-order valence-corrected chi connectivity index (χ3v) is 3.61.